The number of aliphatic hydroxyl groups excluding tert-OH is 1. The van der Waals surface area contributed by atoms with Gasteiger partial charge in [-0.25, -0.2) is 0 Å². The van der Waals surface area contributed by atoms with E-state index in [-0.39, 0.29) is 0 Å². The quantitative estimate of drug-likeness (QED) is 0.821. The number of hydrogen-bond donors (Lipinski definition) is 2. The van der Waals surface area contributed by atoms with Crippen LogP contribution >= 0.6 is 15.9 Å². The lowest BCUT2D eigenvalue weighted by molar-refractivity contribution is 0.0921. The second-order valence-electron chi connectivity index (χ2n) is 3.77. The fourth-order valence-corrected chi connectivity index (χ4v) is 2.08. The minimum absolute atomic E-state index is 0.575. The van der Waals surface area contributed by atoms with Crippen LogP contribution in [0.4, 0.5) is 5.69 Å². The molecule has 1 unspecified atom stereocenters. The predicted molar refractivity (Wildman–Crippen MR) is 66.8 cm³/mol. The van der Waals surface area contributed by atoms with Crippen LogP contribution < -0.4 is 5.73 Å². The molecule has 0 aliphatic carbocycles. The largest absolute Gasteiger partial charge is 0.495 e. The molecule has 1 atom stereocenters. The SMILES string of the molecule is Nc1ccc(Br)cc1C(O)C1=CCCCO1. The summed E-state index contributed by atoms with van der Waals surface area (Å²) in [6.45, 7) is 0.663. The average molecular weight is 284 g/mol. The molecule has 4 heteroatoms. The third-order valence-corrected chi connectivity index (χ3v) is 3.07. The van der Waals surface area contributed by atoms with Gasteiger partial charge in [0.05, 0.1) is 6.61 Å². The minimum Gasteiger partial charge on any atom is -0.495 e. The Morgan fingerprint density at radius 3 is 2.94 bits per heavy atom. The van der Waals surface area contributed by atoms with Gasteiger partial charge in [0.2, 0.25) is 0 Å². The Morgan fingerprint density at radius 1 is 1.44 bits per heavy atom. The molecule has 1 heterocycles. The second kappa shape index (κ2) is 4.89. The number of hydrogen-bond acceptors (Lipinski definition) is 3. The van der Waals surface area contributed by atoms with E-state index in [1.807, 2.05) is 18.2 Å². The molecular weight excluding hydrogens is 270 g/mol. The Labute approximate surface area is 103 Å². The molecule has 1 aliphatic rings. The maximum Gasteiger partial charge on any atom is 0.138 e. The molecule has 0 aromatic heterocycles. The molecule has 0 saturated carbocycles. The van der Waals surface area contributed by atoms with Crippen LogP contribution in [0.25, 0.3) is 0 Å². The van der Waals surface area contributed by atoms with Crippen LogP contribution in [0.3, 0.4) is 0 Å². The molecule has 0 spiro atoms. The summed E-state index contributed by atoms with van der Waals surface area (Å²) in [5, 5.41) is 10.2. The van der Waals surface area contributed by atoms with Crippen molar-refractivity contribution in [1.82, 2.24) is 0 Å². The molecule has 0 amide bonds. The van der Waals surface area contributed by atoms with E-state index >= 15 is 0 Å². The van der Waals surface area contributed by atoms with E-state index in [9.17, 15) is 5.11 Å². The minimum atomic E-state index is -0.766. The first-order valence-electron chi connectivity index (χ1n) is 5.24. The molecule has 3 N–H and O–H groups in total. The van der Waals surface area contributed by atoms with Crippen LogP contribution in [-0.2, 0) is 4.74 Å². The predicted octanol–water partition coefficient (Wildman–Crippen LogP) is 2.76. The molecule has 86 valence electrons. The van der Waals surface area contributed by atoms with Crippen molar-refractivity contribution in [1.29, 1.82) is 0 Å². The van der Waals surface area contributed by atoms with E-state index in [1.165, 1.54) is 0 Å². The number of allylic oxidation sites excluding steroid dienone is 1. The number of ether oxygens (including phenoxy) is 1. The number of anilines is 1. The fraction of sp³-hybridized carbons (Fsp3) is 0.333. The molecule has 0 saturated heterocycles. The monoisotopic (exact) mass is 283 g/mol. The van der Waals surface area contributed by atoms with Crippen LogP contribution in [-0.4, -0.2) is 11.7 Å². The van der Waals surface area contributed by atoms with E-state index in [0.717, 1.165) is 17.3 Å². The van der Waals surface area contributed by atoms with E-state index in [1.54, 1.807) is 6.07 Å². The maximum absolute atomic E-state index is 10.2. The standard InChI is InChI=1S/C12H14BrNO2/c13-8-4-5-10(14)9(7-8)12(15)11-3-1-2-6-16-11/h3-5,7,12,15H,1-2,6,14H2. The van der Waals surface area contributed by atoms with Gasteiger partial charge in [-0.2, -0.15) is 0 Å². The van der Waals surface area contributed by atoms with Crippen molar-refractivity contribution >= 4 is 21.6 Å². The molecule has 1 aliphatic heterocycles. The Bertz CT molecular complexity index is 417. The van der Waals surface area contributed by atoms with Crippen LogP contribution in [0.1, 0.15) is 24.5 Å². The summed E-state index contributed by atoms with van der Waals surface area (Å²) in [6.07, 6.45) is 3.11. The van der Waals surface area contributed by atoms with Gasteiger partial charge in [-0.05, 0) is 37.1 Å². The van der Waals surface area contributed by atoms with Gasteiger partial charge in [0.25, 0.3) is 0 Å². The van der Waals surface area contributed by atoms with E-state index in [2.05, 4.69) is 15.9 Å². The Hall–Kier alpha value is -1.00. The summed E-state index contributed by atoms with van der Waals surface area (Å²) >= 11 is 3.36. The number of halogens is 1. The highest BCUT2D eigenvalue weighted by molar-refractivity contribution is 9.10. The Kier molecular flexibility index (Phi) is 3.51. The van der Waals surface area contributed by atoms with Gasteiger partial charge in [-0.15, -0.1) is 0 Å². The molecule has 0 radical (unpaired) electrons. The maximum atomic E-state index is 10.2. The van der Waals surface area contributed by atoms with E-state index < -0.39 is 6.10 Å². The number of nitrogens with two attached hydrogens (primary N) is 1. The van der Waals surface area contributed by atoms with Crippen LogP contribution in [0.2, 0.25) is 0 Å². The highest BCUT2D eigenvalue weighted by atomic mass is 79.9. The molecular formula is C12H14BrNO2. The van der Waals surface area contributed by atoms with Crippen molar-refractivity contribution in [3.05, 3.63) is 40.1 Å². The summed E-state index contributed by atoms with van der Waals surface area (Å²) in [4.78, 5) is 0. The molecule has 1 aromatic rings. The zero-order valence-corrected chi connectivity index (χ0v) is 10.4. The molecule has 2 rings (SSSR count). The van der Waals surface area contributed by atoms with Crippen molar-refractivity contribution in [3.63, 3.8) is 0 Å². The lowest BCUT2D eigenvalue weighted by Crippen LogP contribution is -2.11. The number of rotatable bonds is 2. The van der Waals surface area contributed by atoms with Crippen LogP contribution in [0, 0.1) is 0 Å². The molecule has 0 fully saturated rings. The highest BCUT2D eigenvalue weighted by Crippen LogP contribution is 2.31. The molecule has 1 aromatic carbocycles. The zero-order chi connectivity index (χ0) is 11.5. The van der Waals surface area contributed by atoms with Crippen molar-refractivity contribution in [2.75, 3.05) is 12.3 Å². The van der Waals surface area contributed by atoms with Gasteiger partial charge in [-0.1, -0.05) is 15.9 Å². The van der Waals surface area contributed by atoms with Gasteiger partial charge in [-0.3, -0.25) is 0 Å². The summed E-state index contributed by atoms with van der Waals surface area (Å²) < 4.78 is 6.32. The highest BCUT2D eigenvalue weighted by Gasteiger charge is 2.19. The lowest BCUT2D eigenvalue weighted by Gasteiger charge is -2.21. The zero-order valence-electron chi connectivity index (χ0n) is 8.82. The van der Waals surface area contributed by atoms with Gasteiger partial charge in [0.1, 0.15) is 11.9 Å². The van der Waals surface area contributed by atoms with Gasteiger partial charge >= 0.3 is 0 Å². The molecule has 16 heavy (non-hydrogen) atoms. The normalized spacial score (nSPS) is 17.5. The summed E-state index contributed by atoms with van der Waals surface area (Å²) in [7, 11) is 0. The Balaban J connectivity index is 2.29. The number of benzene rings is 1. The average Bonchev–Trinajstić information content (AvgIpc) is 2.32. The van der Waals surface area contributed by atoms with Crippen LogP contribution in [0.15, 0.2) is 34.5 Å². The van der Waals surface area contributed by atoms with Crippen LogP contribution in [0.5, 0.6) is 0 Å². The van der Waals surface area contributed by atoms with E-state index in [0.29, 0.717) is 23.6 Å². The topological polar surface area (TPSA) is 55.5 Å². The molecule has 3 nitrogen and oxygen atoms in total. The van der Waals surface area contributed by atoms with Crippen molar-refractivity contribution in [3.8, 4) is 0 Å². The third-order valence-electron chi connectivity index (χ3n) is 2.58. The fourth-order valence-electron chi connectivity index (χ4n) is 1.70. The van der Waals surface area contributed by atoms with Gasteiger partial charge in [0.15, 0.2) is 0 Å². The lowest BCUT2D eigenvalue weighted by atomic mass is 10.0. The third kappa shape index (κ3) is 2.39. The number of nitrogen functional groups attached to an aromatic ring is 1. The summed E-state index contributed by atoms with van der Waals surface area (Å²) in [5.41, 5.74) is 7.09. The Morgan fingerprint density at radius 2 is 2.25 bits per heavy atom. The first kappa shape index (κ1) is 11.5. The van der Waals surface area contributed by atoms with Gasteiger partial charge < -0.3 is 15.6 Å². The smallest absolute Gasteiger partial charge is 0.138 e. The van der Waals surface area contributed by atoms with Crippen molar-refractivity contribution < 1.29 is 9.84 Å². The number of aliphatic hydroxyl groups is 1. The van der Waals surface area contributed by atoms with Crippen molar-refractivity contribution in [2.24, 2.45) is 0 Å². The molecule has 0 bridgehead atoms. The van der Waals surface area contributed by atoms with E-state index in [4.69, 9.17) is 10.5 Å². The van der Waals surface area contributed by atoms with Crippen molar-refractivity contribution in [2.45, 2.75) is 18.9 Å². The second-order valence-corrected chi connectivity index (χ2v) is 4.69. The van der Waals surface area contributed by atoms with Gasteiger partial charge in [0, 0.05) is 15.7 Å². The summed E-state index contributed by atoms with van der Waals surface area (Å²) in [6, 6.07) is 5.44. The summed E-state index contributed by atoms with van der Waals surface area (Å²) in [5.74, 6) is 0.607. The first-order valence-corrected chi connectivity index (χ1v) is 6.03. The first-order chi connectivity index (χ1) is 7.68.